The fourth-order valence-corrected chi connectivity index (χ4v) is 4.16. The summed E-state index contributed by atoms with van der Waals surface area (Å²) in [5.41, 5.74) is 1.62. The van der Waals surface area contributed by atoms with Gasteiger partial charge >= 0.3 is 6.03 Å². The van der Waals surface area contributed by atoms with Gasteiger partial charge in [0.25, 0.3) is 0 Å². The van der Waals surface area contributed by atoms with Crippen LogP contribution in [0.4, 0.5) is 10.5 Å². The Morgan fingerprint density at radius 1 is 1.31 bits per heavy atom. The standard InChI is InChI=1S/C20H33N3O5S/c1-3-28-15-19(24)14-22-7-9-23(10-8-22)20(25)21-18-6-4-5-17(13-18)16-29(26)12-11-27-2/h4-6,13,19,24H,3,7-12,14-16H2,1-2H3,(H,21,25)/t19-,29-/m1/s1. The molecule has 2 atom stereocenters. The number of aliphatic hydroxyl groups is 1. The molecule has 9 heteroatoms. The molecule has 0 radical (unpaired) electrons. The van der Waals surface area contributed by atoms with E-state index in [-0.39, 0.29) is 6.03 Å². The summed E-state index contributed by atoms with van der Waals surface area (Å²) in [7, 11) is 0.603. The van der Waals surface area contributed by atoms with Crippen LogP contribution in [0.2, 0.25) is 0 Å². The number of hydrogen-bond donors (Lipinski definition) is 2. The number of benzene rings is 1. The fraction of sp³-hybridized carbons (Fsp3) is 0.650. The molecule has 1 aliphatic heterocycles. The summed E-state index contributed by atoms with van der Waals surface area (Å²) in [6, 6.07) is 7.32. The largest absolute Gasteiger partial charge is 0.389 e. The number of carbonyl (C=O) groups excluding carboxylic acids is 1. The Morgan fingerprint density at radius 3 is 2.76 bits per heavy atom. The van der Waals surface area contributed by atoms with E-state index < -0.39 is 16.9 Å². The summed E-state index contributed by atoms with van der Waals surface area (Å²) in [6.07, 6.45) is -0.507. The van der Waals surface area contributed by atoms with Crippen molar-refractivity contribution in [2.24, 2.45) is 0 Å². The zero-order valence-corrected chi connectivity index (χ0v) is 18.2. The Balaban J connectivity index is 1.78. The van der Waals surface area contributed by atoms with E-state index in [4.69, 9.17) is 9.47 Å². The third kappa shape index (κ3) is 8.79. The van der Waals surface area contributed by atoms with E-state index in [1.807, 2.05) is 31.2 Å². The van der Waals surface area contributed by atoms with Crippen molar-refractivity contribution in [1.29, 1.82) is 0 Å². The molecule has 164 valence electrons. The number of hydrogen-bond acceptors (Lipinski definition) is 6. The highest BCUT2D eigenvalue weighted by molar-refractivity contribution is 7.84. The molecule has 29 heavy (non-hydrogen) atoms. The second-order valence-electron chi connectivity index (χ2n) is 7.01. The molecular formula is C20H33N3O5S. The van der Waals surface area contributed by atoms with E-state index in [9.17, 15) is 14.1 Å². The SMILES string of the molecule is CCOC[C@H](O)CN1CCN(C(=O)Nc2cccc(C[S@](=O)CCOC)c2)CC1. The van der Waals surface area contributed by atoms with Crippen molar-refractivity contribution < 1.29 is 23.6 Å². The molecule has 2 amide bonds. The molecular weight excluding hydrogens is 394 g/mol. The van der Waals surface area contributed by atoms with Crippen molar-refractivity contribution in [3.8, 4) is 0 Å². The molecule has 2 N–H and O–H groups in total. The Hall–Kier alpha value is -1.52. The Kier molecular flexibility index (Phi) is 10.6. The number of anilines is 1. The number of amides is 2. The maximum atomic E-state index is 12.6. The number of β-amino-alcohol motifs (C(OH)–C–C–N with tert-alkyl or cyclic N) is 1. The highest BCUT2D eigenvalue weighted by Gasteiger charge is 2.22. The quantitative estimate of drug-likeness (QED) is 0.550. The van der Waals surface area contributed by atoms with Gasteiger partial charge in [0.2, 0.25) is 0 Å². The number of urea groups is 1. The number of carbonyl (C=O) groups is 1. The van der Waals surface area contributed by atoms with E-state index in [0.717, 1.165) is 18.7 Å². The van der Waals surface area contributed by atoms with Gasteiger partial charge in [0.05, 0.1) is 19.3 Å². The molecule has 0 unspecified atom stereocenters. The lowest BCUT2D eigenvalue weighted by Crippen LogP contribution is -2.51. The first-order valence-electron chi connectivity index (χ1n) is 9.98. The molecule has 8 nitrogen and oxygen atoms in total. The van der Waals surface area contributed by atoms with Crippen LogP contribution >= 0.6 is 0 Å². The summed E-state index contributed by atoms with van der Waals surface area (Å²) in [5.74, 6) is 0.937. The van der Waals surface area contributed by atoms with Gasteiger partial charge in [-0.15, -0.1) is 0 Å². The molecule has 1 saturated heterocycles. The van der Waals surface area contributed by atoms with Gasteiger partial charge in [0.1, 0.15) is 0 Å². The van der Waals surface area contributed by atoms with Crippen LogP contribution in [-0.2, 0) is 26.0 Å². The van der Waals surface area contributed by atoms with Gasteiger partial charge in [-0.05, 0) is 24.6 Å². The van der Waals surface area contributed by atoms with Crippen LogP contribution in [-0.4, -0.2) is 96.7 Å². The normalized spacial score (nSPS) is 17.1. The molecule has 0 bridgehead atoms. The average Bonchev–Trinajstić information content (AvgIpc) is 2.71. The third-order valence-electron chi connectivity index (χ3n) is 4.66. The second-order valence-corrected chi connectivity index (χ2v) is 8.59. The van der Waals surface area contributed by atoms with E-state index in [2.05, 4.69) is 10.2 Å². The lowest BCUT2D eigenvalue weighted by atomic mass is 10.2. The smallest absolute Gasteiger partial charge is 0.321 e. The van der Waals surface area contributed by atoms with Crippen LogP contribution in [0.5, 0.6) is 0 Å². The highest BCUT2D eigenvalue weighted by Crippen LogP contribution is 2.14. The lowest BCUT2D eigenvalue weighted by molar-refractivity contribution is 0.0139. The molecule has 0 saturated carbocycles. The van der Waals surface area contributed by atoms with Gasteiger partial charge in [0, 0.05) is 74.4 Å². The highest BCUT2D eigenvalue weighted by atomic mass is 32.2. The number of rotatable bonds is 11. The summed E-state index contributed by atoms with van der Waals surface area (Å²) < 4.78 is 22.2. The molecule has 1 fully saturated rings. The number of nitrogens with zero attached hydrogens (tertiary/aromatic N) is 2. The van der Waals surface area contributed by atoms with Crippen molar-refractivity contribution in [2.45, 2.75) is 18.8 Å². The number of aliphatic hydroxyl groups excluding tert-OH is 1. The van der Waals surface area contributed by atoms with Crippen LogP contribution in [0.1, 0.15) is 12.5 Å². The van der Waals surface area contributed by atoms with Crippen LogP contribution in [0.25, 0.3) is 0 Å². The molecule has 2 rings (SSSR count). The second kappa shape index (κ2) is 12.9. The van der Waals surface area contributed by atoms with Crippen LogP contribution < -0.4 is 5.32 Å². The van der Waals surface area contributed by atoms with E-state index in [1.54, 1.807) is 12.0 Å². The first-order valence-corrected chi connectivity index (χ1v) is 11.5. The molecule has 1 aliphatic rings. The topological polar surface area (TPSA) is 91.3 Å². The number of nitrogens with one attached hydrogen (secondary N) is 1. The Bertz CT molecular complexity index is 653. The van der Waals surface area contributed by atoms with Gasteiger partial charge in [0.15, 0.2) is 0 Å². The van der Waals surface area contributed by atoms with E-state index in [1.165, 1.54) is 0 Å². The van der Waals surface area contributed by atoms with Crippen LogP contribution in [0.15, 0.2) is 24.3 Å². The number of piperazine rings is 1. The lowest BCUT2D eigenvalue weighted by Gasteiger charge is -2.35. The molecule has 0 spiro atoms. The minimum Gasteiger partial charge on any atom is -0.389 e. The van der Waals surface area contributed by atoms with Gasteiger partial charge in [-0.2, -0.15) is 0 Å². The molecule has 1 aromatic rings. The first-order chi connectivity index (χ1) is 14.0. The molecule has 0 aromatic heterocycles. The van der Waals surface area contributed by atoms with Gasteiger partial charge < -0.3 is 24.8 Å². The predicted octanol–water partition coefficient (Wildman–Crippen LogP) is 1.13. The summed E-state index contributed by atoms with van der Waals surface area (Å²) in [6.45, 7) is 6.50. The average molecular weight is 428 g/mol. The Labute approximate surface area is 175 Å². The minimum absolute atomic E-state index is 0.142. The van der Waals surface area contributed by atoms with Crippen molar-refractivity contribution >= 4 is 22.5 Å². The summed E-state index contributed by atoms with van der Waals surface area (Å²) in [5, 5.41) is 12.9. The molecule has 1 heterocycles. The zero-order valence-electron chi connectivity index (χ0n) is 17.3. The van der Waals surface area contributed by atoms with Crippen molar-refractivity contribution in [1.82, 2.24) is 9.80 Å². The maximum absolute atomic E-state index is 12.6. The molecule has 0 aliphatic carbocycles. The van der Waals surface area contributed by atoms with Crippen molar-refractivity contribution in [3.05, 3.63) is 29.8 Å². The van der Waals surface area contributed by atoms with Gasteiger partial charge in [-0.1, -0.05) is 12.1 Å². The number of methoxy groups -OCH3 is 1. The van der Waals surface area contributed by atoms with Crippen molar-refractivity contribution in [2.75, 3.05) is 70.7 Å². The zero-order chi connectivity index (χ0) is 21.1. The van der Waals surface area contributed by atoms with Gasteiger partial charge in [-0.25, -0.2) is 4.79 Å². The summed E-state index contributed by atoms with van der Waals surface area (Å²) in [4.78, 5) is 16.5. The van der Waals surface area contributed by atoms with Gasteiger partial charge in [-0.3, -0.25) is 9.11 Å². The first kappa shape index (κ1) is 23.8. The number of ether oxygens (including phenoxy) is 2. The summed E-state index contributed by atoms with van der Waals surface area (Å²) >= 11 is 0. The monoisotopic (exact) mass is 427 g/mol. The maximum Gasteiger partial charge on any atom is 0.321 e. The molecule has 1 aromatic carbocycles. The third-order valence-corrected chi connectivity index (χ3v) is 5.94. The van der Waals surface area contributed by atoms with Crippen molar-refractivity contribution in [3.63, 3.8) is 0 Å². The predicted molar refractivity (Wildman–Crippen MR) is 115 cm³/mol. The van der Waals surface area contributed by atoms with Crippen LogP contribution in [0, 0.1) is 0 Å². The van der Waals surface area contributed by atoms with Crippen LogP contribution in [0.3, 0.4) is 0 Å². The van der Waals surface area contributed by atoms with E-state index >= 15 is 0 Å². The van der Waals surface area contributed by atoms with E-state index in [0.29, 0.717) is 56.6 Å². The Morgan fingerprint density at radius 2 is 2.07 bits per heavy atom. The fourth-order valence-electron chi connectivity index (χ4n) is 3.11. The minimum atomic E-state index is -0.991.